The number of hydrogen-bond acceptors (Lipinski definition) is 4. The number of esters is 1. The number of unbranched alkanes of at least 4 members (excludes halogenated alkanes) is 12. The van der Waals surface area contributed by atoms with Crippen LogP contribution in [0.1, 0.15) is 109 Å². The number of hydrogen-bond donors (Lipinski definition) is 0. The Bertz CT molecular complexity index is 651. The van der Waals surface area contributed by atoms with Crippen LogP contribution < -0.4 is 9.47 Å². The third-order valence-electron chi connectivity index (χ3n) is 5.99. The average molecular weight is 461 g/mol. The van der Waals surface area contributed by atoms with E-state index in [2.05, 4.69) is 13.8 Å². The predicted molar refractivity (Wildman–Crippen MR) is 139 cm³/mol. The molecule has 0 amide bonds. The molecule has 0 saturated carbocycles. The maximum absolute atomic E-state index is 11.9. The molecule has 1 aromatic rings. The normalized spacial score (nSPS) is 11.3. The molecule has 0 spiro atoms. The van der Waals surface area contributed by atoms with Gasteiger partial charge in [0.15, 0.2) is 11.5 Å². The first-order valence-corrected chi connectivity index (χ1v) is 13.1. The van der Waals surface area contributed by atoms with Gasteiger partial charge in [-0.05, 0) is 36.1 Å². The molecule has 0 radical (unpaired) electrons. The molecule has 0 atom stereocenters. The van der Waals surface area contributed by atoms with Gasteiger partial charge in [-0.1, -0.05) is 103 Å². The number of ether oxygens (including phenoxy) is 3. The molecule has 188 valence electrons. The van der Waals surface area contributed by atoms with Crippen LogP contribution in [0.3, 0.4) is 0 Å². The quantitative estimate of drug-likeness (QED) is 0.111. The zero-order valence-corrected chi connectivity index (χ0v) is 21.7. The molecular weight excluding hydrogens is 412 g/mol. The van der Waals surface area contributed by atoms with Crippen molar-refractivity contribution in [2.45, 2.75) is 104 Å². The first-order valence-electron chi connectivity index (χ1n) is 13.1. The van der Waals surface area contributed by atoms with Crippen molar-refractivity contribution < 1.29 is 19.0 Å². The van der Waals surface area contributed by atoms with Gasteiger partial charge in [-0.15, -0.1) is 0 Å². The van der Waals surface area contributed by atoms with Gasteiger partial charge in [0.2, 0.25) is 0 Å². The zero-order chi connectivity index (χ0) is 24.2. The van der Waals surface area contributed by atoms with E-state index in [0.717, 1.165) is 24.3 Å². The standard InChI is InChI=1S/C29H48O4/c1-25(2)18-16-14-12-10-8-6-5-7-9-11-13-15-17-23-33-29(30)22-20-26-19-21-27(31-3)28(24-26)32-4/h19-22,24-25H,5-18,23H2,1-4H3. The van der Waals surface area contributed by atoms with Gasteiger partial charge in [-0.3, -0.25) is 0 Å². The first kappa shape index (κ1) is 29.1. The van der Waals surface area contributed by atoms with Crippen LogP contribution in [0.25, 0.3) is 6.08 Å². The Morgan fingerprint density at radius 1 is 0.758 bits per heavy atom. The van der Waals surface area contributed by atoms with Crippen LogP contribution in [-0.4, -0.2) is 26.8 Å². The molecule has 1 aromatic carbocycles. The van der Waals surface area contributed by atoms with Crippen LogP contribution in [0.2, 0.25) is 0 Å². The minimum Gasteiger partial charge on any atom is -0.493 e. The van der Waals surface area contributed by atoms with Gasteiger partial charge in [0.05, 0.1) is 20.8 Å². The molecule has 0 fully saturated rings. The van der Waals surface area contributed by atoms with Gasteiger partial charge >= 0.3 is 5.97 Å². The molecule has 0 N–H and O–H groups in total. The van der Waals surface area contributed by atoms with Crippen molar-refractivity contribution in [2.24, 2.45) is 5.92 Å². The second-order valence-corrected chi connectivity index (χ2v) is 9.39. The molecule has 4 heteroatoms. The van der Waals surface area contributed by atoms with Crippen LogP contribution in [-0.2, 0) is 9.53 Å². The Morgan fingerprint density at radius 3 is 1.79 bits per heavy atom. The summed E-state index contributed by atoms with van der Waals surface area (Å²) in [4.78, 5) is 11.9. The maximum Gasteiger partial charge on any atom is 0.330 e. The van der Waals surface area contributed by atoms with Crippen molar-refractivity contribution in [1.29, 1.82) is 0 Å². The Labute approximate surface area is 203 Å². The molecule has 33 heavy (non-hydrogen) atoms. The Hall–Kier alpha value is -1.97. The van der Waals surface area contributed by atoms with Gasteiger partial charge in [0, 0.05) is 6.08 Å². The highest BCUT2D eigenvalue weighted by molar-refractivity contribution is 5.87. The fraction of sp³-hybridized carbons (Fsp3) is 0.690. The number of carbonyl (C=O) groups excluding carboxylic acids is 1. The minimum absolute atomic E-state index is 0.301. The van der Waals surface area contributed by atoms with E-state index < -0.39 is 0 Å². The number of carbonyl (C=O) groups is 1. The molecule has 0 aliphatic carbocycles. The molecule has 0 aromatic heterocycles. The molecule has 0 bridgehead atoms. The van der Waals surface area contributed by atoms with Crippen molar-refractivity contribution in [3.63, 3.8) is 0 Å². The lowest BCUT2D eigenvalue weighted by atomic mass is 10.0. The van der Waals surface area contributed by atoms with Crippen molar-refractivity contribution in [3.8, 4) is 11.5 Å². The Balaban J connectivity index is 1.93. The first-order chi connectivity index (χ1) is 16.1. The predicted octanol–water partition coefficient (Wildman–Crippen LogP) is 8.38. The molecule has 0 unspecified atom stereocenters. The molecule has 0 heterocycles. The van der Waals surface area contributed by atoms with E-state index in [4.69, 9.17) is 14.2 Å². The smallest absolute Gasteiger partial charge is 0.330 e. The van der Waals surface area contributed by atoms with E-state index >= 15 is 0 Å². The summed E-state index contributed by atoms with van der Waals surface area (Å²) >= 11 is 0. The number of methoxy groups -OCH3 is 2. The summed E-state index contributed by atoms with van der Waals surface area (Å²) < 4.78 is 15.8. The fourth-order valence-electron chi connectivity index (χ4n) is 3.94. The molecule has 0 saturated heterocycles. The largest absolute Gasteiger partial charge is 0.493 e. The van der Waals surface area contributed by atoms with E-state index in [-0.39, 0.29) is 5.97 Å². The molecule has 4 nitrogen and oxygen atoms in total. The molecular formula is C29H48O4. The van der Waals surface area contributed by atoms with E-state index in [1.54, 1.807) is 20.3 Å². The van der Waals surface area contributed by atoms with E-state index in [0.29, 0.717) is 18.1 Å². The summed E-state index contributed by atoms with van der Waals surface area (Å²) in [6, 6.07) is 5.53. The van der Waals surface area contributed by atoms with Gasteiger partial charge in [0.25, 0.3) is 0 Å². The van der Waals surface area contributed by atoms with E-state index in [1.807, 2.05) is 18.2 Å². The topological polar surface area (TPSA) is 44.8 Å². The number of rotatable bonds is 20. The highest BCUT2D eigenvalue weighted by Gasteiger charge is 2.04. The monoisotopic (exact) mass is 460 g/mol. The molecule has 0 aliphatic heterocycles. The number of benzene rings is 1. The van der Waals surface area contributed by atoms with Crippen molar-refractivity contribution in [3.05, 3.63) is 29.8 Å². The van der Waals surface area contributed by atoms with Gasteiger partial charge in [-0.2, -0.15) is 0 Å². The minimum atomic E-state index is -0.301. The highest BCUT2D eigenvalue weighted by Crippen LogP contribution is 2.28. The van der Waals surface area contributed by atoms with Crippen LogP contribution in [0.15, 0.2) is 24.3 Å². The van der Waals surface area contributed by atoms with Crippen LogP contribution in [0.5, 0.6) is 11.5 Å². The average Bonchev–Trinajstić information content (AvgIpc) is 2.81. The summed E-state index contributed by atoms with van der Waals surface area (Å²) in [5.41, 5.74) is 0.867. The lowest BCUT2D eigenvalue weighted by molar-refractivity contribution is -0.137. The molecule has 1 rings (SSSR count). The SMILES string of the molecule is COc1ccc(C=CC(=O)OCCCCCCCCCCCCCCCC(C)C)cc1OC. The van der Waals surface area contributed by atoms with Crippen LogP contribution in [0.4, 0.5) is 0 Å². The second-order valence-electron chi connectivity index (χ2n) is 9.39. The van der Waals surface area contributed by atoms with Gasteiger partial charge in [0.1, 0.15) is 0 Å². The Kier molecular flexibility index (Phi) is 17.2. The summed E-state index contributed by atoms with van der Waals surface area (Å²) in [7, 11) is 3.19. The lowest BCUT2D eigenvalue weighted by Gasteiger charge is -2.07. The van der Waals surface area contributed by atoms with Crippen molar-refractivity contribution in [1.82, 2.24) is 0 Å². The third kappa shape index (κ3) is 15.5. The summed E-state index contributed by atoms with van der Waals surface area (Å²) in [5.74, 6) is 1.86. The summed E-state index contributed by atoms with van der Waals surface area (Å²) in [6.07, 6.45) is 21.7. The third-order valence-corrected chi connectivity index (χ3v) is 5.99. The second kappa shape index (κ2) is 19.5. The van der Waals surface area contributed by atoms with Crippen molar-refractivity contribution in [2.75, 3.05) is 20.8 Å². The summed E-state index contributed by atoms with van der Waals surface area (Å²) in [5, 5.41) is 0. The van der Waals surface area contributed by atoms with Crippen LogP contribution >= 0.6 is 0 Å². The zero-order valence-electron chi connectivity index (χ0n) is 21.7. The lowest BCUT2D eigenvalue weighted by Crippen LogP contribution is -2.02. The van der Waals surface area contributed by atoms with Gasteiger partial charge in [-0.25, -0.2) is 4.79 Å². The van der Waals surface area contributed by atoms with Crippen molar-refractivity contribution >= 4 is 12.0 Å². The summed E-state index contributed by atoms with van der Waals surface area (Å²) in [6.45, 7) is 5.13. The van der Waals surface area contributed by atoms with E-state index in [1.165, 1.54) is 83.1 Å². The molecule has 0 aliphatic rings. The van der Waals surface area contributed by atoms with Crippen LogP contribution in [0, 0.1) is 5.92 Å². The van der Waals surface area contributed by atoms with E-state index in [9.17, 15) is 4.79 Å². The Morgan fingerprint density at radius 2 is 1.27 bits per heavy atom. The van der Waals surface area contributed by atoms with Gasteiger partial charge < -0.3 is 14.2 Å². The maximum atomic E-state index is 11.9. The fourth-order valence-corrected chi connectivity index (χ4v) is 3.94. The highest BCUT2D eigenvalue weighted by atomic mass is 16.5.